The second kappa shape index (κ2) is 7.01. The minimum Gasteiger partial charge on any atom is -0.501 e. The molecule has 1 N–H and O–H groups in total. The maximum absolute atomic E-state index is 13.6. The number of Topliss-reactive ketones (excluding diaryl/α,β-unsaturated/α-hetero) is 1. The molecule has 0 aliphatic heterocycles. The molecule has 5 heteroatoms. The zero-order valence-electron chi connectivity index (χ0n) is 17.8. The van der Waals surface area contributed by atoms with Crippen LogP contribution in [-0.4, -0.2) is 36.7 Å². The number of methoxy groups -OCH3 is 1. The fourth-order valence-electron chi connectivity index (χ4n) is 6.29. The van der Waals surface area contributed by atoms with E-state index < -0.39 is 29.5 Å². The topological polar surface area (TPSA) is 72.8 Å². The lowest BCUT2D eigenvalue weighted by Crippen LogP contribution is -2.58. The van der Waals surface area contributed by atoms with Gasteiger partial charge in [-0.15, -0.1) is 6.58 Å². The van der Waals surface area contributed by atoms with Gasteiger partial charge in [-0.05, 0) is 37.7 Å². The molecule has 5 nitrogen and oxygen atoms in total. The Balaban J connectivity index is 2.28. The van der Waals surface area contributed by atoms with Crippen LogP contribution in [0.15, 0.2) is 24.0 Å². The fourth-order valence-corrected chi connectivity index (χ4v) is 6.29. The van der Waals surface area contributed by atoms with Crippen molar-refractivity contribution in [3.8, 4) is 0 Å². The second-order valence-corrected chi connectivity index (χ2v) is 9.43. The second-order valence-electron chi connectivity index (χ2n) is 9.43. The van der Waals surface area contributed by atoms with Crippen LogP contribution in [0.2, 0.25) is 0 Å². The summed E-state index contributed by atoms with van der Waals surface area (Å²) in [5.74, 6) is 0.545. The first-order valence-electron chi connectivity index (χ1n) is 10.4. The van der Waals surface area contributed by atoms with Crippen molar-refractivity contribution in [1.29, 1.82) is 0 Å². The molecule has 0 radical (unpaired) electrons. The highest BCUT2D eigenvalue weighted by atomic mass is 16.6. The predicted octanol–water partition coefficient (Wildman–Crippen LogP) is 3.81. The Morgan fingerprint density at radius 3 is 2.57 bits per heavy atom. The molecule has 0 aromatic rings. The van der Waals surface area contributed by atoms with Crippen LogP contribution in [0.4, 0.5) is 0 Å². The molecular formula is C23H34O5. The quantitative estimate of drug-likeness (QED) is 0.584. The highest BCUT2D eigenvalue weighted by Crippen LogP contribution is 2.67. The Hall–Kier alpha value is -1.62. The van der Waals surface area contributed by atoms with E-state index in [9.17, 15) is 14.7 Å². The van der Waals surface area contributed by atoms with Gasteiger partial charge in [0, 0.05) is 35.0 Å². The molecule has 6 atom stereocenters. The average molecular weight is 391 g/mol. The van der Waals surface area contributed by atoms with Gasteiger partial charge >= 0.3 is 5.97 Å². The Kier molecular flexibility index (Phi) is 5.28. The normalized spacial score (nSPS) is 43.1. The largest absolute Gasteiger partial charge is 0.501 e. The summed E-state index contributed by atoms with van der Waals surface area (Å²) < 4.78 is 11.7. The van der Waals surface area contributed by atoms with Crippen molar-refractivity contribution in [2.24, 2.45) is 28.1 Å². The molecule has 0 amide bonds. The van der Waals surface area contributed by atoms with Gasteiger partial charge < -0.3 is 14.6 Å². The third-order valence-electron chi connectivity index (χ3n) is 8.32. The third kappa shape index (κ3) is 2.69. The smallest absolute Gasteiger partial charge is 0.332 e. The molecule has 2 saturated carbocycles. The Morgan fingerprint density at radius 1 is 1.32 bits per heavy atom. The summed E-state index contributed by atoms with van der Waals surface area (Å²) in [4.78, 5) is 25.8. The molecular weight excluding hydrogens is 356 g/mol. The minimum absolute atomic E-state index is 0.152. The lowest BCUT2D eigenvalue weighted by molar-refractivity contribution is -0.170. The van der Waals surface area contributed by atoms with Crippen molar-refractivity contribution in [2.75, 3.05) is 13.7 Å². The van der Waals surface area contributed by atoms with Crippen LogP contribution in [0, 0.1) is 28.1 Å². The van der Waals surface area contributed by atoms with Crippen LogP contribution < -0.4 is 0 Å². The van der Waals surface area contributed by atoms with Crippen LogP contribution in [0.1, 0.15) is 59.8 Å². The molecule has 3 aliphatic rings. The molecule has 0 heterocycles. The molecule has 2 bridgehead atoms. The molecule has 156 valence electrons. The number of carbonyl (C=O) groups excluding carboxylic acids is 2. The highest BCUT2D eigenvalue weighted by Gasteiger charge is 2.64. The third-order valence-corrected chi connectivity index (χ3v) is 8.32. The SMILES string of the molecule is C=C[C@]1(C)C[C@@H](OC(=O)CO)[C@@]2(C)C3=C(OC)CC[C@@]3(CC[C@H]2C)[C@@H](C)C1=O. The van der Waals surface area contributed by atoms with Crippen molar-refractivity contribution in [1.82, 2.24) is 0 Å². The summed E-state index contributed by atoms with van der Waals surface area (Å²) in [5, 5.41) is 9.33. The molecule has 2 fully saturated rings. The molecule has 0 saturated heterocycles. The summed E-state index contributed by atoms with van der Waals surface area (Å²) >= 11 is 0. The Morgan fingerprint density at radius 2 is 2.00 bits per heavy atom. The molecule has 3 rings (SSSR count). The van der Waals surface area contributed by atoms with Crippen LogP contribution >= 0.6 is 0 Å². The van der Waals surface area contributed by atoms with Gasteiger partial charge in [0.2, 0.25) is 0 Å². The number of ether oxygens (including phenoxy) is 2. The molecule has 0 spiro atoms. The van der Waals surface area contributed by atoms with Gasteiger partial charge in [-0.1, -0.05) is 26.8 Å². The van der Waals surface area contributed by atoms with Crippen LogP contribution in [-0.2, 0) is 19.1 Å². The van der Waals surface area contributed by atoms with E-state index in [0.29, 0.717) is 6.42 Å². The van der Waals surface area contributed by atoms with Gasteiger partial charge in [-0.25, -0.2) is 4.79 Å². The number of hydrogen-bond acceptors (Lipinski definition) is 5. The van der Waals surface area contributed by atoms with Crippen molar-refractivity contribution in [2.45, 2.75) is 65.9 Å². The maximum atomic E-state index is 13.6. The van der Waals surface area contributed by atoms with Gasteiger partial charge in [-0.2, -0.15) is 0 Å². The van der Waals surface area contributed by atoms with E-state index in [1.807, 2.05) is 6.92 Å². The maximum Gasteiger partial charge on any atom is 0.332 e. The van der Waals surface area contributed by atoms with E-state index in [2.05, 4.69) is 27.4 Å². The number of allylic oxidation sites excluding steroid dienone is 2. The van der Waals surface area contributed by atoms with Crippen molar-refractivity contribution in [3.05, 3.63) is 24.0 Å². The first-order chi connectivity index (χ1) is 13.1. The predicted molar refractivity (Wildman–Crippen MR) is 106 cm³/mol. The van der Waals surface area contributed by atoms with E-state index in [-0.39, 0.29) is 23.0 Å². The average Bonchev–Trinajstić information content (AvgIpc) is 3.09. The monoisotopic (exact) mass is 390 g/mol. The molecule has 0 aromatic heterocycles. The van der Waals surface area contributed by atoms with Gasteiger partial charge in [0.25, 0.3) is 0 Å². The number of aliphatic hydroxyl groups is 1. The van der Waals surface area contributed by atoms with E-state index in [4.69, 9.17) is 9.47 Å². The van der Waals surface area contributed by atoms with Gasteiger partial charge in [0.15, 0.2) is 0 Å². The Labute approximate surface area is 168 Å². The van der Waals surface area contributed by atoms with Crippen LogP contribution in [0.5, 0.6) is 0 Å². The van der Waals surface area contributed by atoms with Gasteiger partial charge in [0.05, 0.1) is 12.9 Å². The first kappa shape index (κ1) is 21.1. The lowest BCUT2D eigenvalue weighted by atomic mass is 9.46. The number of hydrogen-bond donors (Lipinski definition) is 1. The molecule has 3 aliphatic carbocycles. The van der Waals surface area contributed by atoms with Gasteiger partial charge in [0.1, 0.15) is 18.5 Å². The Bertz CT molecular complexity index is 725. The number of esters is 1. The number of carbonyl (C=O) groups is 2. The van der Waals surface area contributed by atoms with Crippen molar-refractivity contribution >= 4 is 11.8 Å². The van der Waals surface area contributed by atoms with Crippen molar-refractivity contribution < 1.29 is 24.2 Å². The lowest BCUT2D eigenvalue weighted by Gasteiger charge is -2.58. The molecule has 28 heavy (non-hydrogen) atoms. The number of aliphatic hydroxyl groups excluding tert-OH is 1. The highest BCUT2D eigenvalue weighted by molar-refractivity contribution is 5.90. The standard InChI is InChI=1S/C23H34O5/c1-7-21(4)12-17(28-18(25)13-24)22(5)14(2)8-10-23(15(3)20(21)26)11-9-16(27-6)19(22)23/h7,14-15,17,24H,1,8-13H2,2-6H3/t14-,15+,17-,21-,22+,23+/m1/s1. The van der Waals surface area contributed by atoms with Crippen LogP contribution in [0.3, 0.4) is 0 Å². The molecule has 0 aromatic carbocycles. The van der Waals surface area contributed by atoms with Gasteiger partial charge in [-0.3, -0.25) is 4.79 Å². The van der Waals surface area contributed by atoms with E-state index in [1.54, 1.807) is 13.2 Å². The molecule has 0 unspecified atom stereocenters. The first-order valence-corrected chi connectivity index (χ1v) is 10.4. The van der Waals surface area contributed by atoms with E-state index >= 15 is 0 Å². The summed E-state index contributed by atoms with van der Waals surface area (Å²) in [6.07, 6.45) is 5.14. The summed E-state index contributed by atoms with van der Waals surface area (Å²) in [6, 6.07) is 0. The number of rotatable bonds is 4. The van der Waals surface area contributed by atoms with E-state index in [1.165, 1.54) is 5.57 Å². The number of ketones is 1. The minimum atomic E-state index is -0.785. The zero-order chi connectivity index (χ0) is 20.9. The summed E-state index contributed by atoms with van der Waals surface area (Å²) in [5.41, 5.74) is -0.335. The fraction of sp³-hybridized carbons (Fsp3) is 0.739. The zero-order valence-corrected chi connectivity index (χ0v) is 17.8. The summed E-state index contributed by atoms with van der Waals surface area (Å²) in [6.45, 7) is 11.6. The summed E-state index contributed by atoms with van der Waals surface area (Å²) in [7, 11) is 1.69. The van der Waals surface area contributed by atoms with Crippen molar-refractivity contribution in [3.63, 3.8) is 0 Å². The van der Waals surface area contributed by atoms with E-state index in [0.717, 1.165) is 31.4 Å². The van der Waals surface area contributed by atoms with Crippen LogP contribution in [0.25, 0.3) is 0 Å².